The Morgan fingerprint density at radius 3 is 2.02 bits per heavy atom. The number of hydrogen-bond donors (Lipinski definition) is 0. The summed E-state index contributed by atoms with van der Waals surface area (Å²) in [4.78, 5) is 0. The van der Waals surface area contributed by atoms with Crippen LogP contribution >= 0.6 is 0 Å². The highest BCUT2D eigenvalue weighted by molar-refractivity contribution is 7.87. The van der Waals surface area contributed by atoms with Crippen molar-refractivity contribution < 1.29 is 30.2 Å². The molecule has 234 valence electrons. The first-order valence-corrected chi connectivity index (χ1v) is 16.2. The van der Waals surface area contributed by atoms with Crippen molar-refractivity contribution in [1.29, 1.82) is 0 Å². The molecule has 0 unspecified atom stereocenters. The fraction of sp³-hybridized carbons (Fsp3) is 0.0769. The predicted molar refractivity (Wildman–Crippen MR) is 179 cm³/mol. The van der Waals surface area contributed by atoms with Crippen LogP contribution in [0.15, 0.2) is 156 Å². The Kier molecular flexibility index (Phi) is 7.21. The average molecular weight is 649 g/mol. The summed E-state index contributed by atoms with van der Waals surface area (Å²) in [6.07, 6.45) is 2.81. The number of furan rings is 1. The molecule has 0 N–H and O–H groups in total. The third kappa shape index (κ3) is 4.62. The number of allylic oxidation sites excluding steroid dienone is 4. The van der Waals surface area contributed by atoms with Gasteiger partial charge in [-0.1, -0.05) is 122 Å². The number of alkyl halides is 3. The second-order valence-corrected chi connectivity index (χ2v) is 12.7. The number of rotatable bonds is 7. The highest BCUT2D eigenvalue weighted by Crippen LogP contribution is 2.57. The zero-order valence-corrected chi connectivity index (χ0v) is 25.9. The molecular weight excluding hydrogens is 621 g/mol. The van der Waals surface area contributed by atoms with E-state index in [2.05, 4.69) is 6.58 Å². The van der Waals surface area contributed by atoms with E-state index in [1.165, 1.54) is 13.0 Å². The number of para-hydroxylation sites is 2. The van der Waals surface area contributed by atoms with E-state index in [1.807, 2.05) is 115 Å². The van der Waals surface area contributed by atoms with Crippen LogP contribution in [0, 0.1) is 0 Å². The van der Waals surface area contributed by atoms with E-state index >= 15 is 0 Å². The second-order valence-electron chi connectivity index (χ2n) is 11.2. The molecule has 0 saturated heterocycles. The molecule has 0 fully saturated rings. The van der Waals surface area contributed by atoms with Gasteiger partial charge in [0.2, 0.25) is 0 Å². The smallest absolute Gasteiger partial charge is 0.455 e. The fourth-order valence-corrected chi connectivity index (χ4v) is 7.29. The maximum absolute atomic E-state index is 13.6. The van der Waals surface area contributed by atoms with Crippen molar-refractivity contribution in [1.82, 2.24) is 0 Å². The first-order chi connectivity index (χ1) is 22.6. The molecule has 7 rings (SSSR count). The van der Waals surface area contributed by atoms with E-state index in [9.17, 15) is 21.6 Å². The lowest BCUT2D eigenvalue weighted by molar-refractivity contribution is -0.0519. The van der Waals surface area contributed by atoms with E-state index < -0.39 is 26.8 Å². The van der Waals surface area contributed by atoms with Gasteiger partial charge in [-0.05, 0) is 58.5 Å². The largest absolute Gasteiger partial charge is 0.534 e. The van der Waals surface area contributed by atoms with E-state index in [0.717, 1.165) is 44.2 Å². The Morgan fingerprint density at radius 2 is 1.40 bits per heavy atom. The standard InChI is InChI=1S/C39H27F3O4S/c1-3-32-36(34(4-2)46-47(43,44)39(40,41)42)31-23-22-25(28-19-13-20-30-29-18-11-12-21-35(29)45-37(28)30)24-33(31)38(32,26-14-7-5-8-15-26)27-16-9-6-10-17-27/h3-24H,1H2,2H3/b34-4+. The van der Waals surface area contributed by atoms with E-state index in [-0.39, 0.29) is 5.57 Å². The molecule has 0 spiro atoms. The summed E-state index contributed by atoms with van der Waals surface area (Å²) in [6.45, 7) is 5.54. The SMILES string of the molecule is C=CC1=C(/C(=C\C)OS(=O)(=O)C(F)(F)F)c2ccc(-c3cccc4c3oc3ccccc34)cc2C1(c1ccccc1)c1ccccc1. The molecule has 8 heteroatoms. The molecule has 0 radical (unpaired) electrons. The quantitative estimate of drug-likeness (QED) is 0.0982. The minimum absolute atomic E-state index is 0.200. The van der Waals surface area contributed by atoms with Crippen molar-refractivity contribution >= 4 is 37.6 Å². The monoisotopic (exact) mass is 648 g/mol. The summed E-state index contributed by atoms with van der Waals surface area (Å²) in [6, 6.07) is 38.5. The molecule has 0 bridgehead atoms. The molecule has 6 aromatic rings. The minimum Gasteiger partial charge on any atom is -0.455 e. The molecule has 0 saturated carbocycles. The summed E-state index contributed by atoms with van der Waals surface area (Å²) in [5, 5.41) is 1.93. The van der Waals surface area contributed by atoms with Gasteiger partial charge in [-0.3, -0.25) is 0 Å². The van der Waals surface area contributed by atoms with Crippen LogP contribution in [0.2, 0.25) is 0 Å². The predicted octanol–water partition coefficient (Wildman–Crippen LogP) is 10.3. The van der Waals surface area contributed by atoms with Gasteiger partial charge in [-0.15, -0.1) is 0 Å². The van der Waals surface area contributed by atoms with Gasteiger partial charge in [0.15, 0.2) is 0 Å². The summed E-state index contributed by atoms with van der Waals surface area (Å²) < 4.78 is 76.9. The molecule has 1 aliphatic carbocycles. The zero-order valence-electron chi connectivity index (χ0n) is 25.1. The van der Waals surface area contributed by atoms with Crippen LogP contribution in [0.5, 0.6) is 0 Å². The minimum atomic E-state index is -5.98. The van der Waals surface area contributed by atoms with Crippen molar-refractivity contribution in [3.05, 3.63) is 174 Å². The summed E-state index contributed by atoms with van der Waals surface area (Å²) in [5.41, 5.74) is -0.115. The Labute approximate surface area is 269 Å². The fourth-order valence-electron chi connectivity index (χ4n) is 6.78. The Morgan fingerprint density at radius 1 is 0.787 bits per heavy atom. The third-order valence-corrected chi connectivity index (χ3v) is 9.66. The third-order valence-electron chi connectivity index (χ3n) is 8.69. The maximum Gasteiger partial charge on any atom is 0.534 e. The molecule has 1 aliphatic rings. The van der Waals surface area contributed by atoms with Crippen LogP contribution in [0.1, 0.15) is 29.2 Å². The second kappa shape index (κ2) is 11.2. The number of halogens is 3. The van der Waals surface area contributed by atoms with Crippen molar-refractivity contribution in [3.8, 4) is 11.1 Å². The Balaban J connectivity index is 1.57. The number of benzene rings is 5. The van der Waals surface area contributed by atoms with Crippen LogP contribution in [-0.4, -0.2) is 13.9 Å². The molecule has 1 heterocycles. The van der Waals surface area contributed by atoms with Gasteiger partial charge < -0.3 is 8.60 Å². The maximum atomic E-state index is 13.6. The highest BCUT2D eigenvalue weighted by Gasteiger charge is 2.52. The summed E-state index contributed by atoms with van der Waals surface area (Å²) in [7, 11) is -5.98. The van der Waals surface area contributed by atoms with Gasteiger partial charge in [-0.2, -0.15) is 21.6 Å². The van der Waals surface area contributed by atoms with Gasteiger partial charge in [0, 0.05) is 21.9 Å². The van der Waals surface area contributed by atoms with Crippen LogP contribution in [-0.2, 0) is 19.7 Å². The van der Waals surface area contributed by atoms with Crippen LogP contribution in [0.3, 0.4) is 0 Å². The lowest BCUT2D eigenvalue weighted by Gasteiger charge is -2.35. The molecule has 1 aromatic heterocycles. The number of hydrogen-bond acceptors (Lipinski definition) is 4. The van der Waals surface area contributed by atoms with E-state index in [4.69, 9.17) is 8.60 Å². The summed E-state index contributed by atoms with van der Waals surface area (Å²) in [5.74, 6) is -0.445. The van der Waals surface area contributed by atoms with Gasteiger partial charge >= 0.3 is 15.6 Å². The van der Waals surface area contributed by atoms with Gasteiger partial charge in [-0.25, -0.2) is 0 Å². The van der Waals surface area contributed by atoms with Crippen LogP contribution < -0.4 is 0 Å². The molecule has 5 aromatic carbocycles. The summed E-state index contributed by atoms with van der Waals surface area (Å²) >= 11 is 0. The lowest BCUT2D eigenvalue weighted by Crippen LogP contribution is -2.29. The van der Waals surface area contributed by atoms with Crippen LogP contribution in [0.25, 0.3) is 38.6 Å². The normalized spacial score (nSPS) is 14.9. The Bertz CT molecular complexity index is 2310. The van der Waals surface area contributed by atoms with Gasteiger partial charge in [0.1, 0.15) is 16.9 Å². The zero-order chi connectivity index (χ0) is 33.0. The van der Waals surface area contributed by atoms with Crippen molar-refractivity contribution in [3.63, 3.8) is 0 Å². The molecule has 4 nitrogen and oxygen atoms in total. The molecule has 0 atom stereocenters. The lowest BCUT2D eigenvalue weighted by atomic mass is 9.66. The number of fused-ring (bicyclic) bond motifs is 4. The molecule has 0 amide bonds. The van der Waals surface area contributed by atoms with Gasteiger partial charge in [0.25, 0.3) is 0 Å². The first kappa shape index (κ1) is 30.3. The van der Waals surface area contributed by atoms with Crippen LogP contribution in [0.4, 0.5) is 13.2 Å². The molecular formula is C39H27F3O4S. The van der Waals surface area contributed by atoms with E-state index in [0.29, 0.717) is 16.7 Å². The van der Waals surface area contributed by atoms with Crippen molar-refractivity contribution in [2.75, 3.05) is 0 Å². The highest BCUT2D eigenvalue weighted by atomic mass is 32.2. The molecule has 47 heavy (non-hydrogen) atoms. The topological polar surface area (TPSA) is 56.5 Å². The molecule has 0 aliphatic heterocycles. The van der Waals surface area contributed by atoms with Crippen molar-refractivity contribution in [2.24, 2.45) is 0 Å². The average Bonchev–Trinajstić information content (AvgIpc) is 3.61. The van der Waals surface area contributed by atoms with Gasteiger partial charge in [0.05, 0.1) is 5.41 Å². The van der Waals surface area contributed by atoms with E-state index in [1.54, 1.807) is 12.1 Å². The Hall–Kier alpha value is -5.34. The van der Waals surface area contributed by atoms with Crippen molar-refractivity contribution in [2.45, 2.75) is 17.8 Å². The first-order valence-electron chi connectivity index (χ1n) is 14.8.